The Labute approximate surface area is 193 Å². The van der Waals surface area contributed by atoms with Crippen molar-refractivity contribution in [2.45, 2.75) is 45.3 Å². The van der Waals surface area contributed by atoms with Crippen molar-refractivity contribution >= 4 is 22.8 Å². The molecular weight excluding hydrogens is 422 g/mol. The number of methoxy groups -OCH3 is 1. The van der Waals surface area contributed by atoms with Crippen LogP contribution in [0.2, 0.25) is 0 Å². The van der Waals surface area contributed by atoms with Gasteiger partial charge in [0.2, 0.25) is 11.8 Å². The Morgan fingerprint density at radius 3 is 2.55 bits per heavy atom. The highest BCUT2D eigenvalue weighted by atomic mass is 16.5. The second-order valence-electron chi connectivity index (χ2n) is 8.54. The van der Waals surface area contributed by atoms with Gasteiger partial charge in [0, 0.05) is 19.2 Å². The zero-order valence-corrected chi connectivity index (χ0v) is 19.5. The molecule has 2 amide bonds. The SMILES string of the molecule is CCC(C)(C)NC(=O)C(c1ccc(O)cc1)N(CCOC)C(=O)Cn1nnc2ccccc21. The largest absolute Gasteiger partial charge is 0.508 e. The van der Waals surface area contributed by atoms with Crippen molar-refractivity contribution in [2.24, 2.45) is 0 Å². The third-order valence-corrected chi connectivity index (χ3v) is 5.68. The minimum Gasteiger partial charge on any atom is -0.508 e. The number of aromatic nitrogens is 3. The van der Waals surface area contributed by atoms with E-state index in [1.165, 1.54) is 21.7 Å². The molecule has 0 aliphatic heterocycles. The lowest BCUT2D eigenvalue weighted by Crippen LogP contribution is -2.51. The van der Waals surface area contributed by atoms with Crippen LogP contribution in [0.3, 0.4) is 0 Å². The molecule has 0 aliphatic carbocycles. The molecule has 1 heterocycles. The van der Waals surface area contributed by atoms with Crippen LogP contribution >= 0.6 is 0 Å². The zero-order valence-electron chi connectivity index (χ0n) is 19.5. The number of hydrogen-bond donors (Lipinski definition) is 2. The van der Waals surface area contributed by atoms with Crippen molar-refractivity contribution in [3.8, 4) is 5.75 Å². The molecule has 9 heteroatoms. The normalized spacial score (nSPS) is 12.5. The number of amides is 2. The molecule has 176 valence electrons. The number of phenols is 1. The van der Waals surface area contributed by atoms with Crippen molar-refractivity contribution in [3.63, 3.8) is 0 Å². The molecule has 0 radical (unpaired) electrons. The Hall–Kier alpha value is -3.46. The van der Waals surface area contributed by atoms with Gasteiger partial charge in [-0.05, 0) is 50.1 Å². The van der Waals surface area contributed by atoms with Crippen LogP contribution in [0.25, 0.3) is 11.0 Å². The van der Waals surface area contributed by atoms with E-state index in [1.54, 1.807) is 19.2 Å². The highest BCUT2D eigenvalue weighted by molar-refractivity contribution is 5.89. The van der Waals surface area contributed by atoms with E-state index in [-0.39, 0.29) is 37.3 Å². The van der Waals surface area contributed by atoms with Crippen LogP contribution in [0.15, 0.2) is 48.5 Å². The van der Waals surface area contributed by atoms with Crippen LogP contribution in [0.4, 0.5) is 0 Å². The predicted octanol–water partition coefficient (Wildman–Crippen LogP) is 2.66. The van der Waals surface area contributed by atoms with Gasteiger partial charge in [0.1, 0.15) is 23.9 Å². The van der Waals surface area contributed by atoms with Gasteiger partial charge < -0.3 is 20.1 Å². The first kappa shape index (κ1) is 24.2. The van der Waals surface area contributed by atoms with E-state index in [0.717, 1.165) is 11.9 Å². The van der Waals surface area contributed by atoms with E-state index in [1.807, 2.05) is 45.0 Å². The number of aromatic hydroxyl groups is 1. The quantitative estimate of drug-likeness (QED) is 0.488. The number of rotatable bonds is 10. The van der Waals surface area contributed by atoms with E-state index < -0.39 is 11.6 Å². The molecule has 3 rings (SSSR count). The van der Waals surface area contributed by atoms with Gasteiger partial charge in [0.25, 0.3) is 0 Å². The summed E-state index contributed by atoms with van der Waals surface area (Å²) in [6.07, 6.45) is 0.720. The van der Waals surface area contributed by atoms with Crippen molar-refractivity contribution in [1.29, 1.82) is 0 Å². The van der Waals surface area contributed by atoms with Gasteiger partial charge in [0.05, 0.1) is 12.1 Å². The van der Waals surface area contributed by atoms with E-state index in [9.17, 15) is 14.7 Å². The Balaban J connectivity index is 1.97. The molecule has 0 saturated carbocycles. The second kappa shape index (κ2) is 10.4. The Morgan fingerprint density at radius 1 is 1.18 bits per heavy atom. The summed E-state index contributed by atoms with van der Waals surface area (Å²) in [5, 5.41) is 21.0. The molecular formula is C24H31N5O4. The smallest absolute Gasteiger partial charge is 0.247 e. The fourth-order valence-corrected chi connectivity index (χ4v) is 3.46. The molecule has 2 N–H and O–H groups in total. The molecule has 0 fully saturated rings. The number of para-hydroxylation sites is 1. The summed E-state index contributed by atoms with van der Waals surface area (Å²) in [6, 6.07) is 12.8. The van der Waals surface area contributed by atoms with Crippen LogP contribution in [-0.2, 0) is 20.9 Å². The number of nitrogens with zero attached hydrogens (tertiary/aromatic N) is 4. The fraction of sp³-hybridized carbons (Fsp3) is 0.417. The lowest BCUT2D eigenvalue weighted by Gasteiger charge is -2.34. The summed E-state index contributed by atoms with van der Waals surface area (Å²) in [4.78, 5) is 28.5. The Bertz CT molecular complexity index is 1090. The van der Waals surface area contributed by atoms with Crippen LogP contribution in [0.1, 0.15) is 38.8 Å². The highest BCUT2D eigenvalue weighted by Gasteiger charge is 2.34. The zero-order chi connectivity index (χ0) is 24.0. The van der Waals surface area contributed by atoms with E-state index in [0.29, 0.717) is 11.1 Å². The monoisotopic (exact) mass is 453 g/mol. The summed E-state index contributed by atoms with van der Waals surface area (Å²) in [6.45, 7) is 6.22. The number of carbonyl (C=O) groups is 2. The standard InChI is InChI=1S/C24H31N5O4/c1-5-24(2,3)25-23(32)22(17-10-12-18(30)13-11-17)28(14-15-33-4)21(31)16-29-20-9-7-6-8-19(20)26-27-29/h6-13,22,30H,5,14-16H2,1-4H3,(H,25,32). The minimum absolute atomic E-state index is 0.0793. The number of ether oxygens (including phenoxy) is 1. The van der Waals surface area contributed by atoms with Crippen molar-refractivity contribution < 1.29 is 19.4 Å². The summed E-state index contributed by atoms with van der Waals surface area (Å²) < 4.78 is 6.76. The van der Waals surface area contributed by atoms with E-state index in [4.69, 9.17) is 4.74 Å². The van der Waals surface area contributed by atoms with Gasteiger partial charge >= 0.3 is 0 Å². The maximum absolute atomic E-state index is 13.5. The van der Waals surface area contributed by atoms with Gasteiger partial charge in [0.15, 0.2) is 0 Å². The molecule has 0 saturated heterocycles. The van der Waals surface area contributed by atoms with Gasteiger partial charge in [-0.25, -0.2) is 4.68 Å². The Kier molecular flexibility index (Phi) is 7.65. The molecule has 2 aromatic carbocycles. The third-order valence-electron chi connectivity index (χ3n) is 5.68. The molecule has 1 aromatic heterocycles. The number of benzene rings is 2. The highest BCUT2D eigenvalue weighted by Crippen LogP contribution is 2.25. The van der Waals surface area contributed by atoms with Crippen LogP contribution < -0.4 is 5.32 Å². The first-order valence-corrected chi connectivity index (χ1v) is 10.9. The summed E-state index contributed by atoms with van der Waals surface area (Å²) >= 11 is 0. The van der Waals surface area contributed by atoms with Gasteiger partial charge in [-0.15, -0.1) is 5.10 Å². The van der Waals surface area contributed by atoms with Gasteiger partial charge in [-0.1, -0.05) is 36.4 Å². The number of phenolic OH excluding ortho intramolecular Hbond substituents is 1. The van der Waals surface area contributed by atoms with E-state index in [2.05, 4.69) is 15.6 Å². The number of fused-ring (bicyclic) bond motifs is 1. The average molecular weight is 454 g/mol. The molecule has 1 atom stereocenters. The molecule has 3 aromatic rings. The summed E-state index contributed by atoms with van der Waals surface area (Å²) in [5.41, 5.74) is 1.55. The van der Waals surface area contributed by atoms with Crippen LogP contribution in [0.5, 0.6) is 5.75 Å². The lowest BCUT2D eigenvalue weighted by molar-refractivity contribution is -0.142. The number of carbonyl (C=O) groups excluding carboxylic acids is 2. The molecule has 0 spiro atoms. The summed E-state index contributed by atoms with van der Waals surface area (Å²) in [7, 11) is 1.55. The molecule has 0 bridgehead atoms. The molecule has 9 nitrogen and oxygen atoms in total. The first-order chi connectivity index (χ1) is 15.8. The number of nitrogens with one attached hydrogen (secondary N) is 1. The maximum Gasteiger partial charge on any atom is 0.247 e. The van der Waals surface area contributed by atoms with Crippen molar-refractivity contribution in [3.05, 3.63) is 54.1 Å². The van der Waals surface area contributed by atoms with Crippen LogP contribution in [-0.4, -0.2) is 62.6 Å². The first-order valence-electron chi connectivity index (χ1n) is 10.9. The predicted molar refractivity (Wildman–Crippen MR) is 124 cm³/mol. The van der Waals surface area contributed by atoms with Crippen LogP contribution in [0, 0.1) is 0 Å². The fourth-order valence-electron chi connectivity index (χ4n) is 3.46. The minimum atomic E-state index is -0.908. The van der Waals surface area contributed by atoms with Gasteiger partial charge in [-0.3, -0.25) is 9.59 Å². The topological polar surface area (TPSA) is 110 Å². The third kappa shape index (κ3) is 5.87. The molecule has 1 unspecified atom stereocenters. The number of hydrogen-bond acceptors (Lipinski definition) is 6. The van der Waals surface area contributed by atoms with Crippen molar-refractivity contribution in [2.75, 3.05) is 20.3 Å². The maximum atomic E-state index is 13.5. The lowest BCUT2D eigenvalue weighted by atomic mass is 9.98. The Morgan fingerprint density at radius 2 is 1.88 bits per heavy atom. The average Bonchev–Trinajstić information content (AvgIpc) is 3.20. The van der Waals surface area contributed by atoms with Crippen molar-refractivity contribution in [1.82, 2.24) is 25.2 Å². The second-order valence-corrected chi connectivity index (χ2v) is 8.54. The van der Waals surface area contributed by atoms with E-state index >= 15 is 0 Å². The summed E-state index contributed by atoms with van der Waals surface area (Å²) in [5.74, 6) is -0.527. The molecule has 0 aliphatic rings. The van der Waals surface area contributed by atoms with Gasteiger partial charge in [-0.2, -0.15) is 0 Å². The molecule has 33 heavy (non-hydrogen) atoms.